The Labute approximate surface area is 260 Å². The second kappa shape index (κ2) is 15.4. The number of nitrogen functional groups attached to an aromatic ring is 1. The van der Waals surface area contributed by atoms with Crippen molar-refractivity contribution in [2.75, 3.05) is 23.9 Å². The van der Waals surface area contributed by atoms with Gasteiger partial charge in [-0.05, 0) is 105 Å². The number of H-pyrrole nitrogens is 1. The number of hydrogen-bond acceptors (Lipinski definition) is 8. The van der Waals surface area contributed by atoms with E-state index in [1.165, 1.54) is 12.7 Å². The van der Waals surface area contributed by atoms with Crippen LogP contribution in [0.3, 0.4) is 0 Å². The summed E-state index contributed by atoms with van der Waals surface area (Å²) in [5.74, 6) is 0.727. The molecule has 0 radical (unpaired) electrons. The number of ether oxygens (including phenoxy) is 2. The standard InChI is InChI=1S/C16H23N3O5S.C16H25NO2/c1-6-14(24-9(2)3)11-8-12-13(7-10(11)4)17-16(21)19(15(12)20)18-25(5,22)23;1-6-12(7-10(2)3)13-9-14(16(18)19-5)15(17)8-11(13)4/h7-9,14,18H,6H2,1-5H3,(H,17,21);8-10,12H,6-7,17H2,1-5H3. The molecule has 2 unspecified atom stereocenters. The molecule has 0 aliphatic rings. The van der Waals surface area contributed by atoms with Gasteiger partial charge in [-0.15, -0.1) is 0 Å². The number of carbonyl (C=O) groups is 1. The molecular formula is C32H48N4O7S. The van der Waals surface area contributed by atoms with Crippen molar-refractivity contribution in [1.29, 1.82) is 0 Å². The Balaban J connectivity index is 0.000000319. The molecule has 44 heavy (non-hydrogen) atoms. The number of hydrogen-bond donors (Lipinski definition) is 3. The van der Waals surface area contributed by atoms with E-state index in [0.717, 1.165) is 35.8 Å². The lowest BCUT2D eigenvalue weighted by molar-refractivity contribution is 0.00422. The third-order valence-corrected chi connectivity index (χ3v) is 7.74. The van der Waals surface area contributed by atoms with E-state index < -0.39 is 21.3 Å². The number of nitrogens with two attached hydrogens (primary N) is 1. The van der Waals surface area contributed by atoms with Gasteiger partial charge in [-0.25, -0.2) is 22.8 Å². The largest absolute Gasteiger partial charge is 0.465 e. The zero-order valence-corrected chi connectivity index (χ0v) is 28.3. The lowest BCUT2D eigenvalue weighted by Gasteiger charge is -2.21. The van der Waals surface area contributed by atoms with Gasteiger partial charge < -0.3 is 20.2 Å². The predicted octanol–water partition coefficient (Wildman–Crippen LogP) is 5.28. The Morgan fingerprint density at radius 1 is 1.00 bits per heavy atom. The van der Waals surface area contributed by atoms with Gasteiger partial charge in [0.1, 0.15) is 0 Å². The fourth-order valence-electron chi connectivity index (χ4n) is 5.26. The number of esters is 1. The molecule has 0 bridgehead atoms. The minimum Gasteiger partial charge on any atom is -0.465 e. The van der Waals surface area contributed by atoms with Gasteiger partial charge in [0, 0.05) is 5.69 Å². The van der Waals surface area contributed by atoms with Gasteiger partial charge in [0.15, 0.2) is 0 Å². The number of benzene rings is 2. The second-order valence-electron chi connectivity index (χ2n) is 11.8. The van der Waals surface area contributed by atoms with Crippen LogP contribution in [0.15, 0.2) is 33.9 Å². The van der Waals surface area contributed by atoms with E-state index in [9.17, 15) is 22.8 Å². The lowest BCUT2D eigenvalue weighted by atomic mass is 9.85. The molecule has 244 valence electrons. The smallest absolute Gasteiger partial charge is 0.348 e. The summed E-state index contributed by atoms with van der Waals surface area (Å²) in [5, 5.41) is 0.210. The van der Waals surface area contributed by atoms with Crippen molar-refractivity contribution in [2.45, 2.75) is 92.8 Å². The molecule has 3 aromatic rings. The molecule has 0 saturated carbocycles. The molecule has 1 heterocycles. The van der Waals surface area contributed by atoms with Gasteiger partial charge in [-0.1, -0.05) is 27.7 Å². The maximum absolute atomic E-state index is 12.6. The molecule has 2 atom stereocenters. The third kappa shape index (κ3) is 9.43. The average molecular weight is 633 g/mol. The summed E-state index contributed by atoms with van der Waals surface area (Å²) in [7, 11) is -2.40. The van der Waals surface area contributed by atoms with E-state index >= 15 is 0 Å². The summed E-state index contributed by atoms with van der Waals surface area (Å²) in [6.07, 6.45) is 3.56. The Morgan fingerprint density at radius 2 is 1.61 bits per heavy atom. The molecule has 11 nitrogen and oxygen atoms in total. The summed E-state index contributed by atoms with van der Waals surface area (Å²) in [6, 6.07) is 7.14. The topological polar surface area (TPSA) is 163 Å². The van der Waals surface area contributed by atoms with Crippen molar-refractivity contribution in [3.05, 3.63) is 72.9 Å². The van der Waals surface area contributed by atoms with Crippen LogP contribution in [0.1, 0.15) is 105 Å². The normalized spacial score (nSPS) is 13.0. The number of aromatic nitrogens is 2. The number of fused-ring (bicyclic) bond motifs is 1. The molecule has 12 heteroatoms. The van der Waals surface area contributed by atoms with Crippen LogP contribution >= 0.6 is 0 Å². The first-order chi connectivity index (χ1) is 20.4. The van der Waals surface area contributed by atoms with Crippen LogP contribution in [0.25, 0.3) is 10.9 Å². The highest BCUT2D eigenvalue weighted by atomic mass is 32.2. The van der Waals surface area contributed by atoms with Crippen LogP contribution in [0.5, 0.6) is 0 Å². The van der Waals surface area contributed by atoms with Gasteiger partial charge in [-0.2, -0.15) is 4.68 Å². The first-order valence-electron chi connectivity index (χ1n) is 14.8. The number of carbonyl (C=O) groups excluding carboxylic acids is 1. The highest BCUT2D eigenvalue weighted by Gasteiger charge is 2.20. The van der Waals surface area contributed by atoms with Crippen LogP contribution in [0.2, 0.25) is 0 Å². The van der Waals surface area contributed by atoms with E-state index in [1.807, 2.05) is 44.7 Å². The van der Waals surface area contributed by atoms with Crippen LogP contribution < -0.4 is 21.8 Å². The molecule has 0 fully saturated rings. The van der Waals surface area contributed by atoms with Crippen LogP contribution in [0.4, 0.5) is 5.69 Å². The summed E-state index contributed by atoms with van der Waals surface area (Å²) in [4.78, 5) is 40.8. The van der Waals surface area contributed by atoms with Crippen LogP contribution in [-0.2, 0) is 19.5 Å². The number of aromatic amines is 1. The van der Waals surface area contributed by atoms with Crippen molar-refractivity contribution in [2.24, 2.45) is 5.92 Å². The molecule has 0 saturated heterocycles. The second-order valence-corrected chi connectivity index (χ2v) is 13.5. The first kappa shape index (κ1) is 36.6. The fraction of sp³-hybridized carbons (Fsp3) is 0.531. The van der Waals surface area contributed by atoms with Gasteiger partial charge in [-0.3, -0.25) is 4.79 Å². The Kier molecular flexibility index (Phi) is 12.8. The van der Waals surface area contributed by atoms with Gasteiger partial charge in [0.05, 0.1) is 42.0 Å². The molecule has 3 rings (SSSR count). The van der Waals surface area contributed by atoms with Crippen molar-refractivity contribution in [1.82, 2.24) is 9.66 Å². The molecule has 4 N–H and O–H groups in total. The summed E-state index contributed by atoms with van der Waals surface area (Å²) >= 11 is 0. The zero-order chi connectivity index (χ0) is 33.5. The van der Waals surface area contributed by atoms with E-state index in [-0.39, 0.29) is 23.6 Å². The Bertz CT molecular complexity index is 1690. The van der Waals surface area contributed by atoms with E-state index in [2.05, 4.69) is 32.7 Å². The van der Waals surface area contributed by atoms with Crippen molar-refractivity contribution >= 4 is 32.6 Å². The quantitative estimate of drug-likeness (QED) is 0.190. The number of aryl methyl sites for hydroxylation is 2. The van der Waals surface area contributed by atoms with E-state index in [1.54, 1.807) is 12.1 Å². The molecule has 2 aromatic carbocycles. The minimum atomic E-state index is -3.78. The van der Waals surface area contributed by atoms with Crippen molar-refractivity contribution in [3.63, 3.8) is 0 Å². The number of anilines is 1. The molecule has 0 aliphatic carbocycles. The number of nitrogens with one attached hydrogen (secondary N) is 2. The number of sulfonamides is 1. The maximum atomic E-state index is 12.6. The monoisotopic (exact) mass is 632 g/mol. The molecule has 1 aromatic heterocycles. The average Bonchev–Trinajstić information content (AvgIpc) is 2.92. The molecule has 0 spiro atoms. The maximum Gasteiger partial charge on any atom is 0.348 e. The summed E-state index contributed by atoms with van der Waals surface area (Å²) in [5.41, 5.74) is 9.72. The van der Waals surface area contributed by atoms with Gasteiger partial charge in [0.25, 0.3) is 5.56 Å². The number of methoxy groups -OCH3 is 1. The van der Waals surface area contributed by atoms with Gasteiger partial charge >= 0.3 is 11.7 Å². The van der Waals surface area contributed by atoms with Gasteiger partial charge in [0.2, 0.25) is 10.0 Å². The fourth-order valence-corrected chi connectivity index (χ4v) is 5.76. The Hall–Kier alpha value is -3.64. The lowest BCUT2D eigenvalue weighted by Crippen LogP contribution is -2.43. The summed E-state index contributed by atoms with van der Waals surface area (Å²) in [6.45, 7) is 16.4. The number of nitrogens with zero attached hydrogens (tertiary/aromatic N) is 1. The highest BCUT2D eigenvalue weighted by molar-refractivity contribution is 7.91. The van der Waals surface area contributed by atoms with Crippen molar-refractivity contribution in [3.8, 4) is 0 Å². The minimum absolute atomic E-state index is 0.0131. The summed E-state index contributed by atoms with van der Waals surface area (Å²) < 4.78 is 33.9. The predicted molar refractivity (Wildman–Crippen MR) is 176 cm³/mol. The van der Waals surface area contributed by atoms with E-state index in [4.69, 9.17) is 15.2 Å². The number of rotatable bonds is 11. The van der Waals surface area contributed by atoms with Crippen LogP contribution in [0, 0.1) is 19.8 Å². The Morgan fingerprint density at radius 3 is 2.11 bits per heavy atom. The molecule has 0 aliphatic heterocycles. The SMILES string of the molecule is CCC(CC(C)C)c1cc(C(=O)OC)c(N)cc1C.CCC(OC(C)C)c1cc2c(=O)n(NS(C)(=O)=O)c(=O)[nH]c2cc1C. The van der Waals surface area contributed by atoms with Crippen LogP contribution in [-0.4, -0.2) is 43.5 Å². The third-order valence-electron chi connectivity index (χ3n) is 7.23. The highest BCUT2D eigenvalue weighted by Crippen LogP contribution is 2.32. The van der Waals surface area contributed by atoms with Crippen molar-refractivity contribution < 1.29 is 22.7 Å². The van der Waals surface area contributed by atoms with E-state index in [0.29, 0.717) is 39.7 Å². The zero-order valence-electron chi connectivity index (χ0n) is 27.5. The molecular weight excluding hydrogens is 584 g/mol. The first-order valence-corrected chi connectivity index (χ1v) is 16.7. The molecule has 0 amide bonds.